The number of carbonyl (C=O) groups excluding carboxylic acids is 2. The molecule has 188 valence electrons. The van der Waals surface area contributed by atoms with Crippen molar-refractivity contribution in [3.63, 3.8) is 0 Å². The molecule has 5 rings (SSSR count). The molecule has 3 heterocycles. The number of imidazole rings is 1. The van der Waals surface area contributed by atoms with Gasteiger partial charge < -0.3 is 19.4 Å². The molecular weight excluding hydrogens is 471 g/mol. The smallest absolute Gasteiger partial charge is 0.344 e. The maximum absolute atomic E-state index is 13.3. The Morgan fingerprint density at radius 3 is 2.58 bits per heavy atom. The molecule has 1 aliphatic heterocycles. The fourth-order valence-electron chi connectivity index (χ4n) is 5.15. The largest absolute Gasteiger partial charge is 0.471 e. The molecule has 1 saturated heterocycles. The first-order chi connectivity index (χ1) is 17.1. The van der Waals surface area contributed by atoms with E-state index >= 15 is 0 Å². The SMILES string of the molecule is CCn1c(-c2nc3cc(C(=O)N4C[C@H](NC(=O)C(F)(F)F)C[C@@H]4C)ccc3n2C)cc2ccccc21. The normalized spacial score (nSPS) is 18.3. The number of halogens is 3. The molecule has 2 aromatic heterocycles. The standard InChI is InChI=1S/C26H26F3N5O2/c1-4-33-20-8-6-5-7-16(20)13-22(33)23-31-19-12-17(9-10-21(19)32(23)3)24(35)34-14-18(11-15(34)2)30-25(36)26(27,28)29/h5-10,12-13,15,18H,4,11,14H2,1-3H3,(H,30,36)/t15-,18+/m0/s1. The molecular formula is C26H26F3N5O2. The highest BCUT2D eigenvalue weighted by atomic mass is 19.4. The summed E-state index contributed by atoms with van der Waals surface area (Å²) in [6, 6.07) is 14.4. The van der Waals surface area contributed by atoms with Crippen LogP contribution in [0, 0.1) is 0 Å². The number of aromatic nitrogens is 3. The van der Waals surface area contributed by atoms with Crippen molar-refractivity contribution in [3.8, 4) is 11.5 Å². The van der Waals surface area contributed by atoms with Gasteiger partial charge in [0.1, 0.15) is 0 Å². The van der Waals surface area contributed by atoms with E-state index in [-0.39, 0.29) is 24.9 Å². The second-order valence-electron chi connectivity index (χ2n) is 9.24. The molecule has 36 heavy (non-hydrogen) atoms. The summed E-state index contributed by atoms with van der Waals surface area (Å²) < 4.78 is 42.1. The lowest BCUT2D eigenvalue weighted by molar-refractivity contribution is -0.174. The number of aryl methyl sites for hydroxylation is 2. The second kappa shape index (κ2) is 8.69. The predicted molar refractivity (Wildman–Crippen MR) is 130 cm³/mol. The third-order valence-electron chi connectivity index (χ3n) is 6.91. The minimum atomic E-state index is -4.95. The van der Waals surface area contributed by atoms with Gasteiger partial charge in [-0.3, -0.25) is 9.59 Å². The monoisotopic (exact) mass is 497 g/mol. The van der Waals surface area contributed by atoms with Crippen LogP contribution in [-0.2, 0) is 18.4 Å². The van der Waals surface area contributed by atoms with E-state index in [0.29, 0.717) is 11.1 Å². The van der Waals surface area contributed by atoms with E-state index in [1.165, 1.54) is 4.90 Å². The molecule has 2 amide bonds. The highest BCUT2D eigenvalue weighted by Crippen LogP contribution is 2.31. The zero-order valence-electron chi connectivity index (χ0n) is 20.1. The van der Waals surface area contributed by atoms with Crippen LogP contribution in [0.25, 0.3) is 33.5 Å². The zero-order valence-corrected chi connectivity index (χ0v) is 20.1. The van der Waals surface area contributed by atoms with Crippen LogP contribution in [0.5, 0.6) is 0 Å². The van der Waals surface area contributed by atoms with E-state index in [0.717, 1.165) is 34.5 Å². The third kappa shape index (κ3) is 4.00. The number of rotatable bonds is 4. The average molecular weight is 498 g/mol. The summed E-state index contributed by atoms with van der Waals surface area (Å²) in [4.78, 5) is 30.9. The maximum Gasteiger partial charge on any atom is 0.471 e. The van der Waals surface area contributed by atoms with E-state index in [2.05, 4.69) is 29.7 Å². The number of benzene rings is 2. The number of hydrogen-bond acceptors (Lipinski definition) is 3. The van der Waals surface area contributed by atoms with Gasteiger partial charge in [-0.05, 0) is 50.6 Å². The fraction of sp³-hybridized carbons (Fsp3) is 0.346. The summed E-state index contributed by atoms with van der Waals surface area (Å²) in [5, 5.41) is 3.11. The molecule has 1 fully saturated rings. The average Bonchev–Trinajstić information content (AvgIpc) is 3.50. The van der Waals surface area contributed by atoms with Crippen molar-refractivity contribution in [3.05, 3.63) is 54.1 Å². The Bertz CT molecular complexity index is 1490. The van der Waals surface area contributed by atoms with Gasteiger partial charge in [0.15, 0.2) is 5.82 Å². The van der Waals surface area contributed by atoms with Crippen LogP contribution in [0.1, 0.15) is 30.6 Å². The van der Waals surface area contributed by atoms with Crippen LogP contribution in [0.15, 0.2) is 48.5 Å². The van der Waals surface area contributed by atoms with Crippen molar-refractivity contribution in [2.45, 2.75) is 45.1 Å². The number of amides is 2. The van der Waals surface area contributed by atoms with Crippen LogP contribution in [-0.4, -0.2) is 55.6 Å². The summed E-state index contributed by atoms with van der Waals surface area (Å²) in [5.74, 6) is -1.51. The van der Waals surface area contributed by atoms with Crippen molar-refractivity contribution in [2.24, 2.45) is 7.05 Å². The molecule has 0 radical (unpaired) electrons. The van der Waals surface area contributed by atoms with Gasteiger partial charge in [-0.1, -0.05) is 18.2 Å². The van der Waals surface area contributed by atoms with Crippen molar-refractivity contribution in [1.82, 2.24) is 24.3 Å². The van der Waals surface area contributed by atoms with E-state index in [9.17, 15) is 22.8 Å². The van der Waals surface area contributed by atoms with Crippen LogP contribution in [0.2, 0.25) is 0 Å². The molecule has 2 atom stereocenters. The highest BCUT2D eigenvalue weighted by molar-refractivity contribution is 5.98. The molecule has 1 N–H and O–H groups in total. The van der Waals surface area contributed by atoms with Crippen molar-refractivity contribution in [1.29, 1.82) is 0 Å². The van der Waals surface area contributed by atoms with Gasteiger partial charge in [-0.2, -0.15) is 13.2 Å². The number of fused-ring (bicyclic) bond motifs is 2. The molecule has 10 heteroatoms. The topological polar surface area (TPSA) is 72.2 Å². The molecule has 0 aliphatic carbocycles. The molecule has 4 aromatic rings. The van der Waals surface area contributed by atoms with Gasteiger partial charge in [0.25, 0.3) is 5.91 Å². The van der Waals surface area contributed by atoms with Gasteiger partial charge in [0.05, 0.1) is 16.7 Å². The Labute approximate surface area is 205 Å². The Hall–Kier alpha value is -3.82. The Morgan fingerprint density at radius 1 is 1.11 bits per heavy atom. The number of alkyl halides is 3. The van der Waals surface area contributed by atoms with Crippen LogP contribution in [0.4, 0.5) is 13.2 Å². The number of nitrogens with zero attached hydrogens (tertiary/aromatic N) is 4. The molecule has 0 bridgehead atoms. The molecule has 0 saturated carbocycles. The lowest BCUT2D eigenvalue weighted by Crippen LogP contribution is -2.44. The minimum Gasteiger partial charge on any atom is -0.344 e. The lowest BCUT2D eigenvalue weighted by atomic mass is 10.1. The van der Waals surface area contributed by atoms with Crippen molar-refractivity contribution >= 4 is 33.8 Å². The number of para-hydroxylation sites is 1. The molecule has 7 nitrogen and oxygen atoms in total. The number of nitrogens with one attached hydrogen (secondary N) is 1. The highest BCUT2D eigenvalue weighted by Gasteiger charge is 2.42. The van der Waals surface area contributed by atoms with Crippen LogP contribution in [0.3, 0.4) is 0 Å². The fourth-order valence-corrected chi connectivity index (χ4v) is 5.15. The lowest BCUT2D eigenvalue weighted by Gasteiger charge is -2.21. The number of likely N-dealkylation sites (tertiary alicyclic amines) is 1. The van der Waals surface area contributed by atoms with Gasteiger partial charge >= 0.3 is 12.1 Å². The predicted octanol–water partition coefficient (Wildman–Crippen LogP) is 4.50. The Kier molecular flexibility index (Phi) is 5.77. The molecule has 1 aliphatic rings. The van der Waals surface area contributed by atoms with Crippen LogP contribution < -0.4 is 5.32 Å². The second-order valence-corrected chi connectivity index (χ2v) is 9.24. The quantitative estimate of drug-likeness (QED) is 0.452. The summed E-state index contributed by atoms with van der Waals surface area (Å²) in [7, 11) is 1.93. The van der Waals surface area contributed by atoms with Gasteiger partial charge in [-0.15, -0.1) is 0 Å². The third-order valence-corrected chi connectivity index (χ3v) is 6.91. The number of hydrogen-bond donors (Lipinski definition) is 1. The van der Waals surface area contributed by atoms with Crippen molar-refractivity contribution < 1.29 is 22.8 Å². The first kappa shape index (κ1) is 23.9. The summed E-state index contributed by atoms with van der Waals surface area (Å²) in [6.07, 6.45) is -4.70. The maximum atomic E-state index is 13.3. The Balaban J connectivity index is 1.44. The zero-order chi connectivity index (χ0) is 25.8. The van der Waals surface area contributed by atoms with E-state index in [4.69, 9.17) is 4.98 Å². The van der Waals surface area contributed by atoms with Crippen molar-refractivity contribution in [2.75, 3.05) is 6.54 Å². The van der Waals surface area contributed by atoms with Gasteiger partial charge in [0, 0.05) is 48.7 Å². The molecule has 0 unspecified atom stereocenters. The van der Waals surface area contributed by atoms with E-state index in [1.807, 2.05) is 35.1 Å². The summed E-state index contributed by atoms with van der Waals surface area (Å²) in [6.45, 7) is 4.63. The number of carbonyl (C=O) groups is 2. The molecule has 2 aromatic carbocycles. The van der Waals surface area contributed by atoms with Gasteiger partial charge in [0.2, 0.25) is 0 Å². The summed E-state index contributed by atoms with van der Waals surface area (Å²) in [5.41, 5.74) is 4.01. The first-order valence-electron chi connectivity index (χ1n) is 11.8. The Morgan fingerprint density at radius 2 is 1.86 bits per heavy atom. The molecule has 0 spiro atoms. The van der Waals surface area contributed by atoms with Gasteiger partial charge in [-0.25, -0.2) is 4.98 Å². The van der Waals surface area contributed by atoms with E-state index in [1.54, 1.807) is 19.1 Å². The summed E-state index contributed by atoms with van der Waals surface area (Å²) >= 11 is 0. The van der Waals surface area contributed by atoms with E-state index < -0.39 is 18.1 Å². The first-order valence-corrected chi connectivity index (χ1v) is 11.8. The van der Waals surface area contributed by atoms with Crippen LogP contribution >= 0.6 is 0 Å². The minimum absolute atomic E-state index is 0.0178.